The lowest BCUT2D eigenvalue weighted by molar-refractivity contribution is 0.0652. The minimum absolute atomic E-state index is 0.168. The molecular weight excluding hydrogens is 236 g/mol. The van der Waals surface area contributed by atoms with Crippen LogP contribution >= 0.6 is 0 Å². The molecule has 0 aliphatic rings. The monoisotopic (exact) mass is 241 g/mol. The van der Waals surface area contributed by atoms with Crippen LogP contribution < -0.4 is 0 Å². The number of rotatable bonds is 2. The Morgan fingerprint density at radius 1 is 1.29 bits per heavy atom. The minimum Gasteiger partial charge on any atom is -0.505 e. The lowest BCUT2D eigenvalue weighted by atomic mass is 10.1. The molecule has 0 bridgehead atoms. The molecule has 0 aliphatic carbocycles. The number of carbonyl (C=O) groups is 1. The van der Waals surface area contributed by atoms with Gasteiger partial charge in [0.1, 0.15) is 5.69 Å². The molecule has 88 valence electrons. The van der Waals surface area contributed by atoms with E-state index < -0.39 is 29.1 Å². The third-order valence-electron chi connectivity index (χ3n) is 2.06. The van der Waals surface area contributed by atoms with E-state index in [0.717, 1.165) is 18.2 Å². The number of carboxylic acids is 1. The summed E-state index contributed by atoms with van der Waals surface area (Å²) in [5, 5.41) is 20.8. The Hall–Kier alpha value is -2.44. The first-order valence-electron chi connectivity index (χ1n) is 4.38. The number of aromatic carboxylic acids is 1. The number of aromatic nitrogens is 1. The Morgan fingerprint density at radius 3 is 2.59 bits per heavy atom. The first kappa shape index (κ1) is 11.1. The van der Waals surface area contributed by atoms with E-state index in [1.165, 1.54) is 0 Å². The maximum Gasteiger partial charge on any atom is 0.374 e. The van der Waals surface area contributed by atoms with E-state index in [1.54, 1.807) is 0 Å². The van der Waals surface area contributed by atoms with Crippen molar-refractivity contribution in [3.8, 4) is 17.0 Å². The van der Waals surface area contributed by atoms with E-state index in [-0.39, 0.29) is 11.3 Å². The number of hydrogen-bond donors (Lipinski definition) is 2. The number of halogens is 2. The Balaban J connectivity index is 2.53. The summed E-state index contributed by atoms with van der Waals surface area (Å²) in [5.74, 6) is -5.46. The molecule has 2 rings (SSSR count). The van der Waals surface area contributed by atoms with Crippen molar-refractivity contribution >= 4 is 5.97 Å². The fourth-order valence-corrected chi connectivity index (χ4v) is 1.24. The maximum absolute atomic E-state index is 13.4. The maximum atomic E-state index is 13.4. The van der Waals surface area contributed by atoms with E-state index in [1.807, 2.05) is 0 Å². The second kappa shape index (κ2) is 3.85. The van der Waals surface area contributed by atoms with Gasteiger partial charge in [-0.1, -0.05) is 5.16 Å². The van der Waals surface area contributed by atoms with Crippen molar-refractivity contribution < 1.29 is 28.3 Å². The molecule has 1 heterocycles. The Labute approximate surface area is 92.9 Å². The van der Waals surface area contributed by atoms with Crippen LogP contribution in [0.4, 0.5) is 8.78 Å². The third-order valence-corrected chi connectivity index (χ3v) is 2.06. The van der Waals surface area contributed by atoms with Crippen LogP contribution in [0.25, 0.3) is 11.3 Å². The standard InChI is InChI=1S/C10H5F2NO4/c11-8-4(1-2-6(14)9(8)12)5-3-7(10(15)16)17-13-5/h1-3,14H,(H,15,16). The smallest absolute Gasteiger partial charge is 0.374 e. The summed E-state index contributed by atoms with van der Waals surface area (Å²) in [6.45, 7) is 0. The van der Waals surface area contributed by atoms with Crippen LogP contribution in [-0.2, 0) is 0 Å². The molecule has 0 unspecified atom stereocenters. The summed E-state index contributed by atoms with van der Waals surface area (Å²) in [6, 6.07) is 2.96. The van der Waals surface area contributed by atoms with Crippen LogP contribution in [0.5, 0.6) is 5.75 Å². The summed E-state index contributed by atoms with van der Waals surface area (Å²) in [4.78, 5) is 10.5. The second-order valence-electron chi connectivity index (χ2n) is 3.14. The van der Waals surface area contributed by atoms with E-state index >= 15 is 0 Å². The largest absolute Gasteiger partial charge is 0.505 e. The first-order chi connectivity index (χ1) is 8.00. The van der Waals surface area contributed by atoms with Crippen LogP contribution in [0.3, 0.4) is 0 Å². The lowest BCUT2D eigenvalue weighted by Gasteiger charge is -2.00. The number of benzene rings is 1. The van der Waals surface area contributed by atoms with E-state index in [9.17, 15) is 13.6 Å². The predicted molar refractivity (Wildman–Crippen MR) is 50.5 cm³/mol. The molecule has 1 aromatic heterocycles. The van der Waals surface area contributed by atoms with Crippen molar-refractivity contribution in [2.24, 2.45) is 0 Å². The number of carboxylic acid groups (broad SMARTS) is 1. The third kappa shape index (κ3) is 1.82. The number of aromatic hydroxyl groups is 1. The van der Waals surface area contributed by atoms with Gasteiger partial charge in [0.15, 0.2) is 11.6 Å². The normalized spacial score (nSPS) is 10.5. The van der Waals surface area contributed by atoms with Crippen molar-refractivity contribution in [3.05, 3.63) is 35.6 Å². The average molecular weight is 241 g/mol. The highest BCUT2D eigenvalue weighted by atomic mass is 19.2. The number of hydrogen-bond acceptors (Lipinski definition) is 4. The molecule has 0 fully saturated rings. The number of phenols is 1. The molecule has 17 heavy (non-hydrogen) atoms. The van der Waals surface area contributed by atoms with Crippen molar-refractivity contribution in [2.75, 3.05) is 0 Å². The quantitative estimate of drug-likeness (QED) is 0.840. The fourth-order valence-electron chi connectivity index (χ4n) is 1.24. The molecule has 0 amide bonds. The van der Waals surface area contributed by atoms with Crippen LogP contribution in [0.1, 0.15) is 10.6 Å². The van der Waals surface area contributed by atoms with Gasteiger partial charge in [0.2, 0.25) is 11.6 Å². The van der Waals surface area contributed by atoms with Crippen molar-refractivity contribution in [3.63, 3.8) is 0 Å². The van der Waals surface area contributed by atoms with Crippen LogP contribution in [0, 0.1) is 11.6 Å². The van der Waals surface area contributed by atoms with Gasteiger partial charge in [0, 0.05) is 11.6 Å². The highest BCUT2D eigenvalue weighted by Crippen LogP contribution is 2.28. The Morgan fingerprint density at radius 2 is 2.00 bits per heavy atom. The van der Waals surface area contributed by atoms with Gasteiger partial charge in [-0.3, -0.25) is 0 Å². The molecule has 0 atom stereocenters. The van der Waals surface area contributed by atoms with Crippen molar-refractivity contribution in [1.82, 2.24) is 5.16 Å². The Kier molecular flexibility index (Phi) is 2.51. The molecule has 0 radical (unpaired) electrons. The first-order valence-corrected chi connectivity index (χ1v) is 4.38. The minimum atomic E-state index is -1.43. The van der Waals surface area contributed by atoms with Gasteiger partial charge in [0.25, 0.3) is 0 Å². The predicted octanol–water partition coefficient (Wildman–Crippen LogP) is 2.02. The van der Waals surface area contributed by atoms with Crippen molar-refractivity contribution in [1.29, 1.82) is 0 Å². The Bertz CT molecular complexity index is 594. The van der Waals surface area contributed by atoms with Gasteiger partial charge < -0.3 is 14.7 Å². The molecule has 0 aliphatic heterocycles. The number of nitrogens with zero attached hydrogens (tertiary/aromatic N) is 1. The SMILES string of the molecule is O=C(O)c1cc(-c2ccc(O)c(F)c2F)no1. The van der Waals surface area contributed by atoms with E-state index in [0.29, 0.717) is 0 Å². The van der Waals surface area contributed by atoms with Crippen LogP contribution in [-0.4, -0.2) is 21.3 Å². The molecule has 0 spiro atoms. The summed E-state index contributed by atoms with van der Waals surface area (Å²) < 4.78 is 30.8. The molecular formula is C10H5F2NO4. The fraction of sp³-hybridized carbons (Fsp3) is 0. The lowest BCUT2D eigenvalue weighted by Crippen LogP contribution is -1.92. The topological polar surface area (TPSA) is 83.6 Å². The zero-order valence-corrected chi connectivity index (χ0v) is 8.15. The van der Waals surface area contributed by atoms with Gasteiger partial charge in [-0.15, -0.1) is 0 Å². The molecule has 2 N–H and O–H groups in total. The van der Waals surface area contributed by atoms with Gasteiger partial charge >= 0.3 is 5.97 Å². The van der Waals surface area contributed by atoms with E-state index in [4.69, 9.17) is 10.2 Å². The highest BCUT2D eigenvalue weighted by molar-refractivity contribution is 5.85. The summed E-state index contributed by atoms with van der Waals surface area (Å²) in [6.07, 6.45) is 0. The average Bonchev–Trinajstić information content (AvgIpc) is 2.75. The number of phenolic OH excluding ortho intramolecular Hbond substituents is 1. The molecule has 0 saturated heterocycles. The zero-order chi connectivity index (χ0) is 12.6. The summed E-state index contributed by atoms with van der Waals surface area (Å²) >= 11 is 0. The molecule has 1 aromatic carbocycles. The van der Waals surface area contributed by atoms with Gasteiger partial charge in [-0.05, 0) is 12.1 Å². The van der Waals surface area contributed by atoms with Gasteiger partial charge in [0.05, 0.1) is 0 Å². The highest BCUT2D eigenvalue weighted by Gasteiger charge is 2.19. The summed E-state index contributed by atoms with van der Waals surface area (Å²) in [5.41, 5.74) is -0.463. The zero-order valence-electron chi connectivity index (χ0n) is 8.15. The van der Waals surface area contributed by atoms with Gasteiger partial charge in [-0.2, -0.15) is 4.39 Å². The molecule has 5 nitrogen and oxygen atoms in total. The molecule has 7 heteroatoms. The van der Waals surface area contributed by atoms with E-state index in [2.05, 4.69) is 9.68 Å². The molecule has 0 saturated carbocycles. The summed E-state index contributed by atoms with van der Waals surface area (Å²) in [7, 11) is 0. The van der Waals surface area contributed by atoms with Gasteiger partial charge in [-0.25, -0.2) is 9.18 Å². The van der Waals surface area contributed by atoms with Crippen LogP contribution in [0.2, 0.25) is 0 Å². The van der Waals surface area contributed by atoms with Crippen LogP contribution in [0.15, 0.2) is 22.7 Å². The van der Waals surface area contributed by atoms with Crippen molar-refractivity contribution in [2.45, 2.75) is 0 Å². The molecule has 2 aromatic rings. The second-order valence-corrected chi connectivity index (χ2v) is 3.14.